The Bertz CT molecular complexity index is 1150. The van der Waals surface area contributed by atoms with Crippen LogP contribution in [0.5, 0.6) is 11.5 Å². The number of hydrogen-bond donors (Lipinski definition) is 2. The molecule has 1 atom stereocenters. The molecule has 2 aliphatic rings. The van der Waals surface area contributed by atoms with Gasteiger partial charge in [0.05, 0.1) is 25.2 Å². The molecule has 9 heteroatoms. The van der Waals surface area contributed by atoms with Crippen molar-refractivity contribution < 1.29 is 19.5 Å². The molecule has 8 nitrogen and oxygen atoms in total. The summed E-state index contributed by atoms with van der Waals surface area (Å²) in [6.45, 7) is 7.09. The van der Waals surface area contributed by atoms with Crippen LogP contribution in [0.1, 0.15) is 43.9 Å². The molecule has 0 saturated heterocycles. The fourth-order valence-electron chi connectivity index (χ4n) is 4.32. The van der Waals surface area contributed by atoms with Gasteiger partial charge in [-0.3, -0.25) is 4.79 Å². The van der Waals surface area contributed by atoms with Crippen molar-refractivity contribution in [1.29, 1.82) is 0 Å². The number of anilines is 1. The van der Waals surface area contributed by atoms with E-state index in [0.29, 0.717) is 29.4 Å². The third-order valence-corrected chi connectivity index (χ3v) is 7.08. The van der Waals surface area contributed by atoms with E-state index in [1.54, 1.807) is 26.4 Å². The highest BCUT2D eigenvalue weighted by Gasteiger charge is 2.35. The lowest BCUT2D eigenvalue weighted by Gasteiger charge is -2.40. The van der Waals surface area contributed by atoms with Crippen LogP contribution in [-0.2, 0) is 5.41 Å². The Morgan fingerprint density at radius 1 is 1.21 bits per heavy atom. The van der Waals surface area contributed by atoms with Crippen LogP contribution in [0.15, 0.2) is 46.7 Å². The van der Waals surface area contributed by atoms with E-state index in [4.69, 9.17) is 9.47 Å². The smallest absolute Gasteiger partial charge is 0.299 e. The van der Waals surface area contributed by atoms with Gasteiger partial charge >= 0.3 is 0 Å². The van der Waals surface area contributed by atoms with Crippen molar-refractivity contribution in [3.8, 4) is 11.5 Å². The number of nitrogens with one attached hydrogen (secondary N) is 1. The van der Waals surface area contributed by atoms with Gasteiger partial charge in [0.1, 0.15) is 0 Å². The van der Waals surface area contributed by atoms with Crippen LogP contribution in [0.3, 0.4) is 0 Å². The van der Waals surface area contributed by atoms with Gasteiger partial charge in [-0.1, -0.05) is 36.8 Å². The maximum atomic E-state index is 11.6. The number of fused-ring (bicyclic) bond motifs is 1. The quantitative estimate of drug-likeness (QED) is 0.295. The van der Waals surface area contributed by atoms with Crippen LogP contribution in [0, 0.1) is 0 Å². The van der Waals surface area contributed by atoms with E-state index >= 15 is 0 Å². The second-order valence-corrected chi connectivity index (χ2v) is 9.98. The number of ether oxygens (including phenoxy) is 2. The predicted octanol–water partition coefficient (Wildman–Crippen LogP) is 4.58. The third-order valence-electron chi connectivity index (χ3n) is 6.20. The maximum Gasteiger partial charge on any atom is 0.299 e. The molecule has 2 aromatic rings. The van der Waals surface area contributed by atoms with Gasteiger partial charge in [0, 0.05) is 17.8 Å². The van der Waals surface area contributed by atoms with Gasteiger partial charge in [0.2, 0.25) is 0 Å². The van der Waals surface area contributed by atoms with E-state index in [2.05, 4.69) is 35.6 Å². The first kappa shape index (κ1) is 23.0. The number of amides is 1. The number of carbonyl (C=O) groups excluding carboxylic acids is 1. The summed E-state index contributed by atoms with van der Waals surface area (Å²) in [6.07, 6.45) is 0.864. The fraction of sp³-hybridized carbons (Fsp3) is 0.375. The molecule has 0 fully saturated rings. The Labute approximate surface area is 197 Å². The van der Waals surface area contributed by atoms with Crippen LogP contribution >= 0.6 is 11.8 Å². The Morgan fingerprint density at radius 2 is 1.97 bits per heavy atom. The molecule has 0 aromatic heterocycles. The highest BCUT2D eigenvalue weighted by Crippen LogP contribution is 2.42. The Hall–Kier alpha value is -3.20. The summed E-state index contributed by atoms with van der Waals surface area (Å²) in [5.41, 5.74) is 7.10. The van der Waals surface area contributed by atoms with Crippen molar-refractivity contribution in [3.05, 3.63) is 53.1 Å². The Kier molecular flexibility index (Phi) is 6.25. The molecule has 174 valence electrons. The number of hydrogen-bond acceptors (Lipinski definition) is 7. The summed E-state index contributed by atoms with van der Waals surface area (Å²) in [6, 6.07) is 11.6. The van der Waals surface area contributed by atoms with E-state index in [0.717, 1.165) is 28.9 Å². The van der Waals surface area contributed by atoms with Crippen molar-refractivity contribution in [2.24, 2.45) is 10.3 Å². The van der Waals surface area contributed by atoms with Crippen molar-refractivity contribution in [3.63, 3.8) is 0 Å². The van der Waals surface area contributed by atoms with E-state index < -0.39 is 0 Å². The second-order valence-electron chi connectivity index (χ2n) is 8.67. The number of nitrogens with zero attached hydrogens (tertiary/aromatic N) is 3. The Morgan fingerprint density at radius 3 is 2.64 bits per heavy atom. The van der Waals surface area contributed by atoms with Gasteiger partial charge in [-0.2, -0.15) is 5.10 Å². The number of oxime groups is 1. The molecule has 0 spiro atoms. The molecule has 0 aliphatic carbocycles. The number of benzene rings is 2. The molecule has 2 N–H and O–H groups in total. The summed E-state index contributed by atoms with van der Waals surface area (Å²) in [5.74, 6) is 1.61. The number of thioether (sulfide) groups is 1. The molecule has 0 radical (unpaired) electrons. The zero-order valence-electron chi connectivity index (χ0n) is 19.4. The SMILES string of the molecule is COc1ccc(C(=NO)N2CCC(C)(C)c3cc(C4=NNC(=O)SC4C)ccc32)cc1OC. The van der Waals surface area contributed by atoms with E-state index in [-0.39, 0.29) is 15.9 Å². The van der Waals surface area contributed by atoms with Gasteiger partial charge in [0.15, 0.2) is 17.3 Å². The highest BCUT2D eigenvalue weighted by atomic mass is 32.2. The van der Waals surface area contributed by atoms with Gasteiger partial charge in [-0.15, -0.1) is 0 Å². The first-order valence-electron chi connectivity index (χ1n) is 10.7. The molecule has 1 amide bonds. The maximum absolute atomic E-state index is 11.6. The van der Waals surface area contributed by atoms with Crippen molar-refractivity contribution in [2.75, 3.05) is 25.7 Å². The predicted molar refractivity (Wildman–Crippen MR) is 131 cm³/mol. The van der Waals surface area contributed by atoms with Crippen LogP contribution < -0.4 is 19.8 Å². The topological polar surface area (TPSA) is 95.8 Å². The van der Waals surface area contributed by atoms with Gasteiger partial charge in [0.25, 0.3) is 5.24 Å². The molecule has 4 rings (SSSR count). The average Bonchev–Trinajstić information content (AvgIpc) is 2.80. The minimum Gasteiger partial charge on any atom is -0.493 e. The van der Waals surface area contributed by atoms with E-state index in [1.165, 1.54) is 11.8 Å². The van der Waals surface area contributed by atoms with Crippen LogP contribution in [0.25, 0.3) is 0 Å². The molecule has 33 heavy (non-hydrogen) atoms. The molecule has 2 aliphatic heterocycles. The number of hydrazone groups is 1. The largest absolute Gasteiger partial charge is 0.493 e. The standard InChI is InChI=1S/C24H28N4O4S/c1-14-21(25-26-23(29)33-14)15-6-8-18-17(12-15)24(2,3)10-11-28(18)22(27-30)16-7-9-19(31-4)20(13-16)32-5/h6-9,12-14,30H,10-11H2,1-5H3,(H,26,29). The minimum absolute atomic E-state index is 0.0408. The molecule has 2 heterocycles. The fourth-order valence-corrected chi connectivity index (χ4v) is 5.04. The zero-order valence-corrected chi connectivity index (χ0v) is 20.2. The second kappa shape index (κ2) is 8.97. The average molecular weight is 469 g/mol. The van der Waals surface area contributed by atoms with Crippen LogP contribution in [0.4, 0.5) is 10.5 Å². The van der Waals surface area contributed by atoms with Gasteiger partial charge in [-0.05, 0) is 60.2 Å². The normalized spacial score (nSPS) is 20.0. The third kappa shape index (κ3) is 4.25. The number of carbonyl (C=O) groups is 1. The van der Waals surface area contributed by atoms with Gasteiger partial charge < -0.3 is 19.6 Å². The van der Waals surface area contributed by atoms with Gasteiger partial charge in [-0.25, -0.2) is 5.43 Å². The van der Waals surface area contributed by atoms with E-state index in [9.17, 15) is 10.0 Å². The lowest BCUT2D eigenvalue weighted by atomic mass is 9.76. The lowest BCUT2D eigenvalue weighted by molar-refractivity contribution is 0.261. The van der Waals surface area contributed by atoms with E-state index in [1.807, 2.05) is 30.0 Å². The number of rotatable bonds is 4. The highest BCUT2D eigenvalue weighted by molar-refractivity contribution is 8.14. The van der Waals surface area contributed by atoms with Crippen molar-refractivity contribution >= 4 is 34.2 Å². The summed E-state index contributed by atoms with van der Waals surface area (Å²) in [7, 11) is 3.16. The molecule has 1 unspecified atom stereocenters. The molecule has 2 aromatic carbocycles. The summed E-state index contributed by atoms with van der Waals surface area (Å²) < 4.78 is 10.8. The molecular weight excluding hydrogens is 440 g/mol. The lowest BCUT2D eigenvalue weighted by Crippen LogP contribution is -2.42. The number of amidine groups is 1. The van der Waals surface area contributed by atoms with Crippen LogP contribution in [-0.4, -0.2) is 48.0 Å². The van der Waals surface area contributed by atoms with Crippen molar-refractivity contribution in [2.45, 2.75) is 37.9 Å². The zero-order chi connectivity index (χ0) is 23.8. The number of methoxy groups -OCH3 is 2. The van der Waals surface area contributed by atoms with Crippen molar-refractivity contribution in [1.82, 2.24) is 5.43 Å². The molecule has 0 bridgehead atoms. The first-order valence-corrected chi connectivity index (χ1v) is 11.6. The minimum atomic E-state index is -0.144. The van der Waals surface area contributed by atoms with Crippen LogP contribution in [0.2, 0.25) is 0 Å². The Balaban J connectivity index is 1.77. The first-order chi connectivity index (χ1) is 15.8. The molecule has 0 saturated carbocycles. The summed E-state index contributed by atoms with van der Waals surface area (Å²) >= 11 is 1.23. The summed E-state index contributed by atoms with van der Waals surface area (Å²) in [5, 5.41) is 17.8. The molecular formula is C24H28N4O4S. The monoisotopic (exact) mass is 468 g/mol. The summed E-state index contributed by atoms with van der Waals surface area (Å²) in [4.78, 5) is 13.7.